The fourth-order valence-corrected chi connectivity index (χ4v) is 4.93. The van der Waals surface area contributed by atoms with Gasteiger partial charge in [-0.25, -0.2) is 8.42 Å². The molecule has 0 aliphatic carbocycles. The zero-order valence-electron chi connectivity index (χ0n) is 15.0. The van der Waals surface area contributed by atoms with Crippen molar-refractivity contribution < 1.29 is 17.9 Å². The van der Waals surface area contributed by atoms with E-state index in [0.29, 0.717) is 30.4 Å². The Balaban J connectivity index is 1.55. The molecule has 0 aromatic heterocycles. The summed E-state index contributed by atoms with van der Waals surface area (Å²) >= 11 is 1.59. The Morgan fingerprint density at radius 3 is 2.39 bits per heavy atom. The van der Waals surface area contributed by atoms with Gasteiger partial charge in [0, 0.05) is 16.7 Å². The van der Waals surface area contributed by atoms with E-state index in [1.54, 1.807) is 23.9 Å². The van der Waals surface area contributed by atoms with Crippen LogP contribution in [0.4, 0.5) is 5.69 Å². The molecule has 0 saturated carbocycles. The van der Waals surface area contributed by atoms with Crippen LogP contribution in [0.5, 0.6) is 11.5 Å². The third-order valence-electron chi connectivity index (χ3n) is 4.19. The van der Waals surface area contributed by atoms with Crippen LogP contribution in [0.1, 0.15) is 5.56 Å². The van der Waals surface area contributed by atoms with E-state index in [1.165, 1.54) is 17.7 Å². The summed E-state index contributed by atoms with van der Waals surface area (Å²) in [5.41, 5.74) is 1.73. The zero-order valence-corrected chi connectivity index (χ0v) is 16.6. The van der Waals surface area contributed by atoms with Crippen LogP contribution >= 0.6 is 11.8 Å². The smallest absolute Gasteiger partial charge is 0.262 e. The third-order valence-corrected chi connectivity index (χ3v) is 6.70. The first-order chi connectivity index (χ1) is 13.6. The summed E-state index contributed by atoms with van der Waals surface area (Å²) in [6.45, 7) is 0.867. The van der Waals surface area contributed by atoms with Crippen molar-refractivity contribution in [3.05, 3.63) is 78.4 Å². The lowest BCUT2D eigenvalue weighted by Crippen LogP contribution is -2.17. The van der Waals surface area contributed by atoms with E-state index in [1.807, 2.05) is 36.4 Å². The number of thioether (sulfide) groups is 1. The summed E-state index contributed by atoms with van der Waals surface area (Å²) in [5, 5.41) is 0. The summed E-state index contributed by atoms with van der Waals surface area (Å²) in [4.78, 5) is 1.01. The van der Waals surface area contributed by atoms with Gasteiger partial charge < -0.3 is 9.47 Å². The van der Waals surface area contributed by atoms with Crippen molar-refractivity contribution in [1.29, 1.82) is 0 Å². The molecule has 144 valence electrons. The van der Waals surface area contributed by atoms with Crippen LogP contribution < -0.4 is 14.2 Å². The number of para-hydroxylation sites is 1. The topological polar surface area (TPSA) is 64.6 Å². The summed E-state index contributed by atoms with van der Waals surface area (Å²) in [5.74, 6) is 1.76. The van der Waals surface area contributed by atoms with Crippen molar-refractivity contribution in [2.24, 2.45) is 0 Å². The molecule has 1 aliphatic heterocycles. The summed E-state index contributed by atoms with van der Waals surface area (Å²) in [7, 11) is -3.75. The van der Waals surface area contributed by atoms with E-state index in [9.17, 15) is 8.42 Å². The van der Waals surface area contributed by atoms with E-state index in [0.717, 1.165) is 10.6 Å². The lowest BCUT2D eigenvalue weighted by Gasteiger charge is -2.19. The monoisotopic (exact) mass is 413 g/mol. The highest BCUT2D eigenvalue weighted by Crippen LogP contribution is 2.34. The summed E-state index contributed by atoms with van der Waals surface area (Å²) in [6, 6.07) is 22.1. The number of rotatable bonds is 6. The number of hydrogen-bond acceptors (Lipinski definition) is 5. The molecule has 0 bridgehead atoms. The highest BCUT2D eigenvalue weighted by Gasteiger charge is 2.20. The first-order valence-corrected chi connectivity index (χ1v) is 11.3. The van der Waals surface area contributed by atoms with Gasteiger partial charge in [0.15, 0.2) is 11.5 Å². The van der Waals surface area contributed by atoms with Crippen LogP contribution in [0.3, 0.4) is 0 Å². The highest BCUT2D eigenvalue weighted by molar-refractivity contribution is 7.98. The summed E-state index contributed by atoms with van der Waals surface area (Å²) in [6.07, 6.45) is 0. The van der Waals surface area contributed by atoms with Gasteiger partial charge in [0.2, 0.25) is 0 Å². The Morgan fingerprint density at radius 2 is 1.57 bits per heavy atom. The Bertz CT molecular complexity index is 1070. The predicted molar refractivity (Wildman–Crippen MR) is 111 cm³/mol. The van der Waals surface area contributed by atoms with Gasteiger partial charge in [-0.05, 0) is 29.8 Å². The molecule has 3 aromatic carbocycles. The minimum absolute atomic E-state index is 0.139. The van der Waals surface area contributed by atoms with E-state index < -0.39 is 10.0 Å². The number of benzene rings is 3. The van der Waals surface area contributed by atoms with Gasteiger partial charge in [-0.3, -0.25) is 4.72 Å². The molecule has 0 spiro atoms. The molecule has 28 heavy (non-hydrogen) atoms. The van der Waals surface area contributed by atoms with Crippen LogP contribution in [0.2, 0.25) is 0 Å². The van der Waals surface area contributed by atoms with Gasteiger partial charge in [-0.2, -0.15) is 0 Å². The van der Waals surface area contributed by atoms with E-state index in [2.05, 4.69) is 16.9 Å². The highest BCUT2D eigenvalue weighted by atomic mass is 32.2. The number of anilines is 1. The predicted octanol–water partition coefficient (Wildman–Crippen LogP) is 4.55. The fraction of sp³-hybridized carbons (Fsp3) is 0.143. The second kappa shape index (κ2) is 8.16. The number of ether oxygens (including phenoxy) is 2. The van der Waals surface area contributed by atoms with Crippen molar-refractivity contribution in [1.82, 2.24) is 0 Å². The normalized spacial score (nSPS) is 13.1. The van der Waals surface area contributed by atoms with Gasteiger partial charge in [0.25, 0.3) is 10.0 Å². The minimum Gasteiger partial charge on any atom is -0.486 e. The first-order valence-electron chi connectivity index (χ1n) is 8.80. The maximum atomic E-state index is 12.9. The number of nitrogens with one attached hydrogen (secondary N) is 1. The maximum Gasteiger partial charge on any atom is 0.262 e. The molecule has 1 aliphatic rings. The molecule has 4 rings (SSSR count). The van der Waals surface area contributed by atoms with Crippen LogP contribution in [0.25, 0.3) is 0 Å². The van der Waals surface area contributed by atoms with Crippen molar-refractivity contribution in [3.8, 4) is 11.5 Å². The molecule has 7 heteroatoms. The second-order valence-electron chi connectivity index (χ2n) is 6.18. The first kappa shape index (κ1) is 18.7. The van der Waals surface area contributed by atoms with Gasteiger partial charge in [0.05, 0.1) is 10.6 Å². The molecule has 0 radical (unpaired) electrons. The van der Waals surface area contributed by atoms with Crippen LogP contribution in [0, 0.1) is 0 Å². The molecule has 5 nitrogen and oxygen atoms in total. The van der Waals surface area contributed by atoms with Gasteiger partial charge in [0.1, 0.15) is 13.2 Å². The van der Waals surface area contributed by atoms with Gasteiger partial charge in [-0.1, -0.05) is 42.5 Å². The average Bonchev–Trinajstić information content (AvgIpc) is 2.73. The maximum absolute atomic E-state index is 12.9. The van der Waals surface area contributed by atoms with Crippen LogP contribution in [-0.2, 0) is 15.8 Å². The Kier molecular flexibility index (Phi) is 5.45. The van der Waals surface area contributed by atoms with Crippen molar-refractivity contribution in [2.45, 2.75) is 15.5 Å². The zero-order chi connectivity index (χ0) is 19.4. The molecule has 0 fully saturated rings. The fourth-order valence-electron chi connectivity index (χ4n) is 2.81. The Morgan fingerprint density at radius 1 is 0.857 bits per heavy atom. The molecular weight excluding hydrogens is 394 g/mol. The van der Waals surface area contributed by atoms with Crippen LogP contribution in [0.15, 0.2) is 82.6 Å². The Hall–Kier alpha value is -2.64. The molecule has 3 aromatic rings. The summed E-state index contributed by atoms with van der Waals surface area (Å²) < 4.78 is 39.5. The van der Waals surface area contributed by atoms with E-state index >= 15 is 0 Å². The Labute approximate surface area is 168 Å². The molecule has 0 amide bonds. The van der Waals surface area contributed by atoms with Crippen molar-refractivity contribution in [3.63, 3.8) is 0 Å². The van der Waals surface area contributed by atoms with Crippen LogP contribution in [-0.4, -0.2) is 21.6 Å². The molecule has 1 heterocycles. The molecule has 1 N–H and O–H groups in total. The quantitative estimate of drug-likeness (QED) is 0.601. The number of fused-ring (bicyclic) bond motifs is 1. The largest absolute Gasteiger partial charge is 0.486 e. The number of sulfonamides is 1. The molecular formula is C21H19NO4S2. The second-order valence-corrected chi connectivity index (χ2v) is 8.88. The van der Waals surface area contributed by atoms with Gasteiger partial charge in [-0.15, -0.1) is 11.8 Å². The molecule has 0 atom stereocenters. The standard InChI is InChI=1S/C21H19NO4S2/c23-28(24,17-10-11-19-20(14-17)26-13-12-25-19)22-18-8-4-5-9-21(18)27-15-16-6-2-1-3-7-16/h1-11,14,22H,12-13,15H2. The SMILES string of the molecule is O=S(=O)(Nc1ccccc1SCc1ccccc1)c1ccc2c(c1)OCCO2. The third kappa shape index (κ3) is 4.26. The molecule has 0 unspecified atom stereocenters. The van der Waals surface area contributed by atoms with Crippen molar-refractivity contribution in [2.75, 3.05) is 17.9 Å². The lowest BCUT2D eigenvalue weighted by molar-refractivity contribution is 0.171. The van der Waals surface area contributed by atoms with E-state index in [-0.39, 0.29) is 4.90 Å². The van der Waals surface area contributed by atoms with Gasteiger partial charge >= 0.3 is 0 Å². The average molecular weight is 414 g/mol. The van der Waals surface area contributed by atoms with Crippen molar-refractivity contribution >= 4 is 27.5 Å². The lowest BCUT2D eigenvalue weighted by atomic mass is 10.2. The molecule has 0 saturated heterocycles. The number of hydrogen-bond donors (Lipinski definition) is 1. The minimum atomic E-state index is -3.75. The van der Waals surface area contributed by atoms with E-state index in [4.69, 9.17) is 9.47 Å².